The summed E-state index contributed by atoms with van der Waals surface area (Å²) in [7, 11) is -3.98. The van der Waals surface area contributed by atoms with Gasteiger partial charge in [0.2, 0.25) is 0 Å². The van der Waals surface area contributed by atoms with Crippen LogP contribution in [0.15, 0.2) is 35.2 Å². The molecule has 0 aliphatic heterocycles. The molecule has 7 heteroatoms. The normalized spacial score (nSPS) is 14.7. The van der Waals surface area contributed by atoms with Gasteiger partial charge in [0.15, 0.2) is 0 Å². The Kier molecular flexibility index (Phi) is 6.12. The Hall–Kier alpha value is -1.44. The molecule has 0 fully saturated rings. The van der Waals surface area contributed by atoms with Gasteiger partial charge in [-0.2, -0.15) is 8.42 Å². The molecule has 0 saturated heterocycles. The van der Waals surface area contributed by atoms with Crippen LogP contribution in [0.1, 0.15) is 19.8 Å². The van der Waals surface area contributed by atoms with E-state index in [9.17, 15) is 18.3 Å². The smallest absolute Gasteiger partial charge is 0.309 e. The van der Waals surface area contributed by atoms with Crippen LogP contribution < -0.4 is 0 Å². The molecule has 1 aromatic carbocycles. The van der Waals surface area contributed by atoms with Gasteiger partial charge < -0.3 is 10.2 Å². The summed E-state index contributed by atoms with van der Waals surface area (Å²) in [6.45, 7) is 1.21. The van der Waals surface area contributed by atoms with Crippen molar-refractivity contribution in [1.29, 1.82) is 0 Å². The Bertz CT molecular complexity index is 525. The maximum absolute atomic E-state index is 11.8. The number of carbonyl (C=O) groups is 1. The van der Waals surface area contributed by atoms with Gasteiger partial charge in [0, 0.05) is 0 Å². The van der Waals surface area contributed by atoms with Crippen LogP contribution in [-0.4, -0.2) is 37.3 Å². The van der Waals surface area contributed by atoms with E-state index in [1.54, 1.807) is 25.1 Å². The molecule has 0 aromatic heterocycles. The fourth-order valence-corrected chi connectivity index (χ4v) is 2.67. The number of aliphatic hydroxyl groups excluding tert-OH is 1. The summed E-state index contributed by atoms with van der Waals surface area (Å²) in [5, 5.41) is 18.7. The van der Waals surface area contributed by atoms with E-state index in [0.29, 0.717) is 6.42 Å². The van der Waals surface area contributed by atoms with Gasteiger partial charge in [0.1, 0.15) is 0 Å². The third-order valence-electron chi connectivity index (χ3n) is 2.81. The summed E-state index contributed by atoms with van der Waals surface area (Å²) in [4.78, 5) is 10.9. The molecule has 2 unspecified atom stereocenters. The lowest BCUT2D eigenvalue weighted by molar-refractivity contribution is -0.146. The summed E-state index contributed by atoms with van der Waals surface area (Å²) >= 11 is 0. The molecule has 20 heavy (non-hydrogen) atoms. The third kappa shape index (κ3) is 4.59. The zero-order valence-corrected chi connectivity index (χ0v) is 11.9. The van der Waals surface area contributed by atoms with Crippen molar-refractivity contribution < 1.29 is 27.6 Å². The number of benzene rings is 1. The van der Waals surface area contributed by atoms with Crippen molar-refractivity contribution in [1.82, 2.24) is 0 Å². The summed E-state index contributed by atoms with van der Waals surface area (Å²) in [5.74, 6) is -2.20. The molecule has 2 atom stereocenters. The average molecular weight is 302 g/mol. The van der Waals surface area contributed by atoms with E-state index in [4.69, 9.17) is 9.29 Å². The van der Waals surface area contributed by atoms with Gasteiger partial charge in [-0.3, -0.25) is 8.98 Å². The standard InChI is InChI=1S/C13H18O6S/c1-2-6-11(13(15)16)12(14)9-19-20(17,18)10-7-4-3-5-8-10/h3-5,7-8,11-12,14H,2,6,9H2,1H3,(H,15,16). The first-order chi connectivity index (χ1) is 9.38. The van der Waals surface area contributed by atoms with Crippen LogP contribution >= 0.6 is 0 Å². The van der Waals surface area contributed by atoms with Crippen molar-refractivity contribution in [3.8, 4) is 0 Å². The van der Waals surface area contributed by atoms with Crippen LogP contribution in [0.4, 0.5) is 0 Å². The average Bonchev–Trinajstić information content (AvgIpc) is 2.43. The monoisotopic (exact) mass is 302 g/mol. The van der Waals surface area contributed by atoms with Crippen LogP contribution in [0.2, 0.25) is 0 Å². The number of rotatable bonds is 8. The quantitative estimate of drug-likeness (QED) is 0.701. The third-order valence-corrected chi connectivity index (χ3v) is 4.10. The van der Waals surface area contributed by atoms with E-state index < -0.39 is 34.7 Å². The van der Waals surface area contributed by atoms with E-state index in [1.165, 1.54) is 12.1 Å². The Labute approximate surface area is 118 Å². The zero-order chi connectivity index (χ0) is 15.2. The first-order valence-electron chi connectivity index (χ1n) is 6.24. The summed E-state index contributed by atoms with van der Waals surface area (Å²) < 4.78 is 28.3. The molecule has 112 valence electrons. The van der Waals surface area contributed by atoms with Gasteiger partial charge in [-0.1, -0.05) is 31.5 Å². The molecule has 0 aliphatic rings. The minimum atomic E-state index is -3.98. The van der Waals surface area contributed by atoms with E-state index in [2.05, 4.69) is 0 Å². The number of aliphatic carboxylic acids is 1. The predicted octanol–water partition coefficient (Wildman–Crippen LogP) is 1.25. The van der Waals surface area contributed by atoms with E-state index in [-0.39, 0.29) is 11.3 Å². The van der Waals surface area contributed by atoms with Crippen LogP contribution in [0.3, 0.4) is 0 Å². The molecule has 0 heterocycles. The predicted molar refractivity (Wildman–Crippen MR) is 71.6 cm³/mol. The van der Waals surface area contributed by atoms with Crippen molar-refractivity contribution in [2.45, 2.75) is 30.8 Å². The molecule has 0 saturated carbocycles. The minimum Gasteiger partial charge on any atom is -0.481 e. The Balaban J connectivity index is 2.68. The molecule has 1 rings (SSSR count). The number of hydrogen-bond donors (Lipinski definition) is 2. The molecular weight excluding hydrogens is 284 g/mol. The molecular formula is C13H18O6S. The van der Waals surface area contributed by atoms with Crippen molar-refractivity contribution >= 4 is 16.1 Å². The SMILES string of the molecule is CCCC(C(=O)O)C(O)COS(=O)(=O)c1ccccc1. The van der Waals surface area contributed by atoms with Crippen LogP contribution in [-0.2, 0) is 19.1 Å². The fraction of sp³-hybridized carbons (Fsp3) is 0.462. The second-order valence-electron chi connectivity index (χ2n) is 4.35. The van der Waals surface area contributed by atoms with Crippen molar-refractivity contribution in [3.05, 3.63) is 30.3 Å². The number of carboxylic acids is 1. The highest BCUT2D eigenvalue weighted by Gasteiger charge is 2.27. The zero-order valence-electron chi connectivity index (χ0n) is 11.1. The van der Waals surface area contributed by atoms with Gasteiger partial charge in [-0.25, -0.2) is 0 Å². The molecule has 0 bridgehead atoms. The highest BCUT2D eigenvalue weighted by molar-refractivity contribution is 7.86. The lowest BCUT2D eigenvalue weighted by Gasteiger charge is -2.18. The van der Waals surface area contributed by atoms with E-state index in [0.717, 1.165) is 0 Å². The lowest BCUT2D eigenvalue weighted by Crippen LogP contribution is -2.32. The molecule has 0 radical (unpaired) electrons. The van der Waals surface area contributed by atoms with Crippen molar-refractivity contribution in [2.24, 2.45) is 5.92 Å². The lowest BCUT2D eigenvalue weighted by atomic mass is 9.98. The summed E-state index contributed by atoms with van der Waals surface area (Å²) in [6.07, 6.45) is -0.545. The first-order valence-corrected chi connectivity index (χ1v) is 7.64. The van der Waals surface area contributed by atoms with Crippen LogP contribution in [0.5, 0.6) is 0 Å². The highest BCUT2D eigenvalue weighted by Crippen LogP contribution is 2.16. The topological polar surface area (TPSA) is 101 Å². The second kappa shape index (κ2) is 7.37. The maximum Gasteiger partial charge on any atom is 0.309 e. The molecule has 0 spiro atoms. The van der Waals surface area contributed by atoms with E-state index >= 15 is 0 Å². The number of carboxylic acid groups (broad SMARTS) is 1. The van der Waals surface area contributed by atoms with Gasteiger partial charge in [-0.05, 0) is 18.6 Å². The highest BCUT2D eigenvalue weighted by atomic mass is 32.2. The van der Waals surface area contributed by atoms with Gasteiger partial charge in [0.05, 0.1) is 23.5 Å². The van der Waals surface area contributed by atoms with Gasteiger partial charge >= 0.3 is 5.97 Å². The Morgan fingerprint density at radius 1 is 1.30 bits per heavy atom. The molecule has 0 aliphatic carbocycles. The Morgan fingerprint density at radius 2 is 1.90 bits per heavy atom. The largest absolute Gasteiger partial charge is 0.481 e. The van der Waals surface area contributed by atoms with Crippen molar-refractivity contribution in [2.75, 3.05) is 6.61 Å². The fourth-order valence-electron chi connectivity index (χ4n) is 1.72. The number of hydrogen-bond acceptors (Lipinski definition) is 5. The molecule has 2 N–H and O–H groups in total. The first kappa shape index (κ1) is 16.6. The molecule has 6 nitrogen and oxygen atoms in total. The molecule has 0 amide bonds. The van der Waals surface area contributed by atoms with E-state index in [1.807, 2.05) is 0 Å². The van der Waals surface area contributed by atoms with Gasteiger partial charge in [-0.15, -0.1) is 0 Å². The molecule has 1 aromatic rings. The van der Waals surface area contributed by atoms with Crippen LogP contribution in [0, 0.1) is 5.92 Å². The Morgan fingerprint density at radius 3 is 2.40 bits per heavy atom. The minimum absolute atomic E-state index is 0.0328. The van der Waals surface area contributed by atoms with Crippen LogP contribution in [0.25, 0.3) is 0 Å². The van der Waals surface area contributed by atoms with Crippen molar-refractivity contribution in [3.63, 3.8) is 0 Å². The number of aliphatic hydroxyl groups is 1. The summed E-state index contributed by atoms with van der Waals surface area (Å²) in [6, 6.07) is 7.48. The maximum atomic E-state index is 11.8. The second-order valence-corrected chi connectivity index (χ2v) is 5.97. The summed E-state index contributed by atoms with van der Waals surface area (Å²) in [5.41, 5.74) is 0. The van der Waals surface area contributed by atoms with Gasteiger partial charge in [0.25, 0.3) is 10.1 Å².